The zero-order valence-corrected chi connectivity index (χ0v) is 20.6. The Bertz CT molecular complexity index is 1100. The lowest BCUT2D eigenvalue weighted by Gasteiger charge is -2.31. The second-order valence-electron chi connectivity index (χ2n) is 9.14. The molecule has 3 rings (SSSR count). The number of aryl methyl sites for hydroxylation is 1. The summed E-state index contributed by atoms with van der Waals surface area (Å²) in [6.07, 6.45) is 3.97. The van der Waals surface area contributed by atoms with Gasteiger partial charge in [-0.25, -0.2) is 8.42 Å². The number of hydrogen-bond acceptors (Lipinski definition) is 3. The number of carbonyl (C=O) groups is 1. The van der Waals surface area contributed by atoms with Crippen molar-refractivity contribution in [3.63, 3.8) is 0 Å². The Hall–Kier alpha value is -2.44. The molecule has 0 amide bonds. The van der Waals surface area contributed by atoms with Crippen LogP contribution in [0.25, 0.3) is 0 Å². The highest BCUT2D eigenvalue weighted by Crippen LogP contribution is 2.32. The highest BCUT2D eigenvalue weighted by Gasteiger charge is 2.32. The van der Waals surface area contributed by atoms with Crippen molar-refractivity contribution in [2.24, 2.45) is 0 Å². The van der Waals surface area contributed by atoms with Crippen molar-refractivity contribution in [2.45, 2.75) is 57.3 Å². The normalized spacial score (nSPS) is 15.5. The van der Waals surface area contributed by atoms with Gasteiger partial charge in [-0.3, -0.25) is 9.10 Å². The van der Waals surface area contributed by atoms with Gasteiger partial charge in [0.2, 0.25) is 0 Å². The summed E-state index contributed by atoms with van der Waals surface area (Å²) in [5.74, 6) is 0.0212. The van der Waals surface area contributed by atoms with Gasteiger partial charge in [-0.05, 0) is 37.5 Å². The van der Waals surface area contributed by atoms with Crippen LogP contribution in [0.5, 0.6) is 0 Å². The van der Waals surface area contributed by atoms with Crippen LogP contribution in [-0.4, -0.2) is 26.6 Å². The van der Waals surface area contributed by atoms with Crippen molar-refractivity contribution in [3.05, 3.63) is 88.8 Å². The quantitative estimate of drug-likeness (QED) is 0.511. The van der Waals surface area contributed by atoms with Crippen LogP contribution in [0.1, 0.15) is 30.4 Å². The van der Waals surface area contributed by atoms with Crippen LogP contribution in [0.15, 0.2) is 82.5 Å². The Morgan fingerprint density at radius 2 is 1.68 bits per heavy atom. The van der Waals surface area contributed by atoms with E-state index in [1.807, 2.05) is 43.3 Å². The van der Waals surface area contributed by atoms with Gasteiger partial charge >= 0.3 is 0 Å². The Kier molecular flexibility index (Phi) is 7.02. The van der Waals surface area contributed by atoms with Crippen LogP contribution >= 0.6 is 0 Å². The van der Waals surface area contributed by atoms with Crippen LogP contribution < -0.4 is 0 Å². The molecular weight excluding hydrogens is 422 g/mol. The number of ketones is 1. The van der Waals surface area contributed by atoms with Gasteiger partial charge in [0.1, 0.15) is 0 Å². The summed E-state index contributed by atoms with van der Waals surface area (Å²) in [6.45, 7) is 8.57. The maximum atomic E-state index is 13.9. The maximum absolute atomic E-state index is 13.9. The number of rotatable bonds is 7. The lowest BCUT2D eigenvalue weighted by atomic mass is 9.96. The molecule has 164 valence electrons. The molecule has 0 aliphatic heterocycles. The topological polar surface area (TPSA) is 54.5 Å². The number of carbonyl (C=O) groups excluding carboxylic acids is 1. The summed E-state index contributed by atoms with van der Waals surface area (Å²) in [6, 6.07) is 16.5. The standard InChI is InChI=1S/C25H31NO3SSi/c1-20-14-16-22(17-15-20)30(28,29)26(18-21-10-6-5-7-11-21)24(19-31(2,3)4)23-12-8-9-13-25(23)27/h5-7,10-12,14-17,19H,8-9,13,18H2,1-4H3/b24-19+. The Labute approximate surface area is 187 Å². The Morgan fingerprint density at radius 3 is 2.26 bits per heavy atom. The molecule has 0 fully saturated rings. The van der Waals surface area contributed by atoms with Crippen LogP contribution in [0.4, 0.5) is 0 Å². The molecule has 2 aromatic rings. The van der Waals surface area contributed by atoms with Crippen LogP contribution in [0.2, 0.25) is 19.6 Å². The van der Waals surface area contributed by atoms with E-state index in [2.05, 4.69) is 25.3 Å². The first-order chi connectivity index (χ1) is 14.6. The second kappa shape index (κ2) is 9.36. The monoisotopic (exact) mass is 453 g/mol. The highest BCUT2D eigenvalue weighted by atomic mass is 32.2. The molecule has 0 saturated heterocycles. The van der Waals surface area contributed by atoms with Gasteiger partial charge in [0.05, 0.1) is 25.2 Å². The molecule has 0 bridgehead atoms. The molecule has 0 atom stereocenters. The lowest BCUT2D eigenvalue weighted by Crippen LogP contribution is -2.35. The second-order valence-corrected chi connectivity index (χ2v) is 16.0. The largest absolute Gasteiger partial charge is 0.294 e. The minimum Gasteiger partial charge on any atom is -0.294 e. The molecule has 0 aromatic heterocycles. The fourth-order valence-electron chi connectivity index (χ4n) is 3.59. The van der Waals surface area contributed by atoms with Gasteiger partial charge in [0.25, 0.3) is 10.0 Å². The fourth-order valence-corrected chi connectivity index (χ4v) is 6.27. The van der Waals surface area contributed by atoms with Crippen molar-refractivity contribution in [1.82, 2.24) is 4.31 Å². The van der Waals surface area contributed by atoms with Gasteiger partial charge in [-0.2, -0.15) is 0 Å². The molecule has 1 aliphatic rings. The highest BCUT2D eigenvalue weighted by molar-refractivity contribution is 7.89. The van der Waals surface area contributed by atoms with E-state index in [0.29, 0.717) is 17.7 Å². The molecule has 0 saturated carbocycles. The van der Waals surface area contributed by atoms with E-state index in [4.69, 9.17) is 0 Å². The Balaban J connectivity index is 2.21. The van der Waals surface area contributed by atoms with E-state index in [9.17, 15) is 13.2 Å². The summed E-state index contributed by atoms with van der Waals surface area (Å²) in [5, 5.41) is 0. The van der Waals surface area contributed by atoms with E-state index < -0.39 is 18.1 Å². The lowest BCUT2D eigenvalue weighted by molar-refractivity contribution is -0.115. The predicted molar refractivity (Wildman–Crippen MR) is 129 cm³/mol. The third kappa shape index (κ3) is 5.83. The molecule has 0 unspecified atom stereocenters. The molecule has 1 aliphatic carbocycles. The molecule has 0 heterocycles. The number of hydrogen-bond donors (Lipinski definition) is 0. The summed E-state index contributed by atoms with van der Waals surface area (Å²) in [7, 11) is -5.73. The molecule has 6 heteroatoms. The maximum Gasteiger partial charge on any atom is 0.264 e. The van der Waals surface area contributed by atoms with E-state index in [1.165, 1.54) is 4.31 Å². The van der Waals surface area contributed by atoms with Gasteiger partial charge in [0.15, 0.2) is 5.78 Å². The molecule has 0 spiro atoms. The summed E-state index contributed by atoms with van der Waals surface area (Å²) < 4.78 is 29.2. The van der Waals surface area contributed by atoms with E-state index in [-0.39, 0.29) is 17.2 Å². The molecular formula is C25H31NO3SSi. The van der Waals surface area contributed by atoms with Gasteiger partial charge in [-0.15, -0.1) is 0 Å². The first-order valence-electron chi connectivity index (χ1n) is 10.7. The first-order valence-corrected chi connectivity index (χ1v) is 15.7. The summed E-state index contributed by atoms with van der Waals surface area (Å²) in [5.41, 5.74) is 5.00. The minimum absolute atomic E-state index is 0.0212. The van der Waals surface area contributed by atoms with Crippen LogP contribution in [0.3, 0.4) is 0 Å². The zero-order valence-electron chi connectivity index (χ0n) is 18.8. The van der Waals surface area contributed by atoms with Gasteiger partial charge in [0, 0.05) is 12.0 Å². The minimum atomic E-state index is -3.87. The molecule has 0 radical (unpaired) electrons. The number of nitrogens with zero attached hydrogens (tertiary/aromatic N) is 1. The third-order valence-electron chi connectivity index (χ3n) is 5.15. The van der Waals surface area contributed by atoms with Crippen molar-refractivity contribution >= 4 is 23.9 Å². The van der Waals surface area contributed by atoms with Crippen LogP contribution in [-0.2, 0) is 21.4 Å². The van der Waals surface area contributed by atoms with E-state index in [1.54, 1.807) is 24.3 Å². The van der Waals surface area contributed by atoms with Gasteiger partial charge < -0.3 is 0 Å². The average Bonchev–Trinajstić information content (AvgIpc) is 2.71. The third-order valence-corrected chi connectivity index (χ3v) is 8.06. The number of sulfonamides is 1. The van der Waals surface area contributed by atoms with Crippen molar-refractivity contribution in [1.29, 1.82) is 0 Å². The molecule has 0 N–H and O–H groups in total. The number of benzene rings is 2. The zero-order chi connectivity index (χ0) is 22.6. The van der Waals surface area contributed by atoms with Crippen molar-refractivity contribution in [3.8, 4) is 0 Å². The number of allylic oxidation sites excluding steroid dienone is 2. The fraction of sp³-hybridized carbons (Fsp3) is 0.320. The number of Topliss-reactive ketones (excluding diaryl/α,β-unsaturated/α-hetero) is 1. The molecule has 2 aromatic carbocycles. The smallest absolute Gasteiger partial charge is 0.264 e. The Morgan fingerprint density at radius 1 is 1.03 bits per heavy atom. The van der Waals surface area contributed by atoms with Crippen LogP contribution in [0, 0.1) is 6.92 Å². The first kappa shape index (κ1) is 23.2. The SMILES string of the molecule is Cc1ccc(S(=O)(=O)N(Cc2ccccc2)/C(=C/[Si](C)(C)C)C2=CCCCC2=O)cc1. The molecule has 31 heavy (non-hydrogen) atoms. The van der Waals surface area contributed by atoms with Crippen molar-refractivity contribution < 1.29 is 13.2 Å². The predicted octanol–water partition coefficient (Wildman–Crippen LogP) is 5.63. The average molecular weight is 454 g/mol. The summed E-state index contributed by atoms with van der Waals surface area (Å²) >= 11 is 0. The van der Waals surface area contributed by atoms with E-state index >= 15 is 0 Å². The van der Waals surface area contributed by atoms with Crippen molar-refractivity contribution in [2.75, 3.05) is 0 Å². The van der Waals surface area contributed by atoms with Gasteiger partial charge in [-0.1, -0.05) is 79.4 Å². The summed E-state index contributed by atoms with van der Waals surface area (Å²) in [4.78, 5) is 13.1. The van der Waals surface area contributed by atoms with E-state index in [0.717, 1.165) is 24.0 Å². The molecule has 4 nitrogen and oxygen atoms in total.